The average Bonchev–Trinajstić information content (AvgIpc) is 3.52. The van der Waals surface area contributed by atoms with E-state index in [2.05, 4.69) is 47.7 Å². The highest BCUT2D eigenvalue weighted by Gasteiger charge is 2.26. The van der Waals surface area contributed by atoms with Gasteiger partial charge in [-0.05, 0) is 57.5 Å². The number of urea groups is 1. The Morgan fingerprint density at radius 2 is 1.89 bits per heavy atom. The molecule has 2 fully saturated rings. The molecule has 47 heavy (non-hydrogen) atoms. The summed E-state index contributed by atoms with van der Waals surface area (Å²) in [6, 6.07) is 11.2. The number of thiazole rings is 1. The number of para-hydroxylation sites is 1. The molecule has 13 nitrogen and oxygen atoms in total. The third kappa shape index (κ3) is 7.67. The third-order valence-electron chi connectivity index (χ3n) is 8.25. The van der Waals surface area contributed by atoms with Gasteiger partial charge < -0.3 is 15.5 Å². The van der Waals surface area contributed by atoms with Crippen molar-refractivity contribution in [3.63, 3.8) is 0 Å². The highest BCUT2D eigenvalue weighted by atomic mass is 35.5. The average molecular weight is 675 g/mol. The van der Waals surface area contributed by atoms with E-state index < -0.39 is 6.03 Å². The molecule has 4 aromatic rings. The monoisotopic (exact) mass is 674 g/mol. The zero-order chi connectivity index (χ0) is 33.1. The van der Waals surface area contributed by atoms with Crippen molar-refractivity contribution in [2.75, 3.05) is 47.1 Å². The van der Waals surface area contributed by atoms with E-state index in [1.54, 1.807) is 12.3 Å². The highest BCUT2D eigenvalue weighted by molar-refractivity contribution is 7.17. The summed E-state index contributed by atoms with van der Waals surface area (Å²) >= 11 is 7.51. The quantitative estimate of drug-likeness (QED) is 0.218. The van der Waals surface area contributed by atoms with Gasteiger partial charge in [0.25, 0.3) is 5.91 Å². The maximum Gasteiger partial charge on any atom is 0.328 e. The fourth-order valence-corrected chi connectivity index (χ4v) is 6.68. The first kappa shape index (κ1) is 32.3. The van der Waals surface area contributed by atoms with Crippen molar-refractivity contribution in [2.45, 2.75) is 45.7 Å². The lowest BCUT2D eigenvalue weighted by atomic mass is 10.0. The van der Waals surface area contributed by atoms with Gasteiger partial charge >= 0.3 is 6.03 Å². The first-order valence-electron chi connectivity index (χ1n) is 15.3. The Bertz CT molecular complexity index is 1770. The number of piperidine rings is 1. The van der Waals surface area contributed by atoms with Crippen LogP contribution in [0.15, 0.2) is 48.8 Å². The van der Waals surface area contributed by atoms with E-state index in [0.29, 0.717) is 57.2 Å². The summed E-state index contributed by atoms with van der Waals surface area (Å²) in [5.41, 5.74) is 3.05. The van der Waals surface area contributed by atoms with E-state index in [9.17, 15) is 14.4 Å². The van der Waals surface area contributed by atoms with Gasteiger partial charge in [-0.3, -0.25) is 29.7 Å². The maximum absolute atomic E-state index is 12.9. The van der Waals surface area contributed by atoms with E-state index in [1.807, 2.05) is 44.2 Å². The largest absolute Gasteiger partial charge is 0.356 e. The van der Waals surface area contributed by atoms with Crippen LogP contribution in [0.25, 0.3) is 0 Å². The van der Waals surface area contributed by atoms with E-state index in [0.717, 1.165) is 43.0 Å². The van der Waals surface area contributed by atoms with Crippen molar-refractivity contribution in [1.82, 2.24) is 30.2 Å². The molecule has 0 bridgehead atoms. The SMILES string of the molecule is Cc1nc(Nc2ncc(C(=O)Nc3c(C)cccc3Cl)s2)cc(N2CCC(N(C)Cc3ccc(N4CCC(=O)NC4=O)cn3)CC2)n1. The van der Waals surface area contributed by atoms with Crippen molar-refractivity contribution in [3.05, 3.63) is 75.8 Å². The molecular formula is C32H35ClN10O3S. The zero-order valence-electron chi connectivity index (χ0n) is 26.3. The standard InChI is InChI=1S/C32H35ClN10O3S/c1-19-5-4-6-24(33)29(19)40-30(45)25-17-35-31(47-25)38-26-15-27(37-20(2)36-26)42-12-9-22(10-13-42)41(3)18-21-7-8-23(16-34-21)43-14-11-28(44)39-32(43)46/h4-8,15-17,22H,9-14,18H2,1-3H3,(H,40,45)(H,39,44,46)(H,35,36,37,38). The molecule has 244 valence electrons. The van der Waals surface area contributed by atoms with E-state index in [-0.39, 0.29) is 18.2 Å². The topological polar surface area (TPSA) is 149 Å². The van der Waals surface area contributed by atoms with Crippen molar-refractivity contribution in [2.24, 2.45) is 0 Å². The molecular weight excluding hydrogens is 640 g/mol. The van der Waals surface area contributed by atoms with Crippen LogP contribution in [0.2, 0.25) is 5.02 Å². The molecule has 2 aliphatic rings. The van der Waals surface area contributed by atoms with Gasteiger partial charge in [0.05, 0.1) is 34.5 Å². The Morgan fingerprint density at radius 3 is 2.62 bits per heavy atom. The van der Waals surface area contributed by atoms with Crippen molar-refractivity contribution in [3.8, 4) is 0 Å². The second-order valence-corrected chi connectivity index (χ2v) is 13.0. The smallest absolute Gasteiger partial charge is 0.328 e. The molecule has 0 atom stereocenters. The number of carbonyl (C=O) groups is 3. The van der Waals surface area contributed by atoms with Crippen LogP contribution < -0.4 is 25.8 Å². The number of nitrogens with one attached hydrogen (secondary N) is 3. The number of carbonyl (C=O) groups excluding carboxylic acids is 3. The van der Waals surface area contributed by atoms with Crippen LogP contribution >= 0.6 is 22.9 Å². The molecule has 3 N–H and O–H groups in total. The minimum Gasteiger partial charge on any atom is -0.356 e. The first-order chi connectivity index (χ1) is 22.6. The molecule has 15 heteroatoms. The normalized spacial score (nSPS) is 15.6. The molecule has 6 rings (SSSR count). The number of hydrogen-bond donors (Lipinski definition) is 3. The van der Waals surface area contributed by atoms with Crippen LogP contribution in [0.3, 0.4) is 0 Å². The van der Waals surface area contributed by atoms with Crippen LogP contribution in [-0.4, -0.2) is 75.4 Å². The number of rotatable bonds is 9. The Balaban J connectivity index is 1.02. The number of amides is 4. The number of aryl methyl sites for hydroxylation is 2. The molecule has 1 aromatic carbocycles. The van der Waals surface area contributed by atoms with Gasteiger partial charge in [-0.2, -0.15) is 0 Å². The van der Waals surface area contributed by atoms with Gasteiger partial charge in [0.15, 0.2) is 5.13 Å². The number of pyridine rings is 1. The third-order valence-corrected chi connectivity index (χ3v) is 9.47. The second kappa shape index (κ2) is 14.0. The highest BCUT2D eigenvalue weighted by Crippen LogP contribution is 2.29. The molecule has 0 aliphatic carbocycles. The summed E-state index contributed by atoms with van der Waals surface area (Å²) in [7, 11) is 2.11. The summed E-state index contributed by atoms with van der Waals surface area (Å²) in [6.07, 6.45) is 5.41. The Hall–Kier alpha value is -4.66. The number of hydrogen-bond acceptors (Lipinski definition) is 11. The van der Waals surface area contributed by atoms with Crippen LogP contribution in [0.4, 0.5) is 32.9 Å². The van der Waals surface area contributed by atoms with Crippen molar-refractivity contribution < 1.29 is 14.4 Å². The van der Waals surface area contributed by atoms with E-state index in [1.165, 1.54) is 22.4 Å². The van der Waals surface area contributed by atoms with Gasteiger partial charge in [-0.25, -0.2) is 19.7 Å². The maximum atomic E-state index is 12.9. The van der Waals surface area contributed by atoms with Gasteiger partial charge in [-0.15, -0.1) is 0 Å². The lowest BCUT2D eigenvalue weighted by Gasteiger charge is -2.37. The van der Waals surface area contributed by atoms with Crippen molar-refractivity contribution in [1.29, 1.82) is 0 Å². The lowest BCUT2D eigenvalue weighted by Crippen LogP contribution is -2.49. The molecule has 3 aromatic heterocycles. The van der Waals surface area contributed by atoms with Gasteiger partial charge in [0.1, 0.15) is 22.3 Å². The number of imide groups is 1. The molecule has 0 unspecified atom stereocenters. The number of anilines is 5. The zero-order valence-corrected chi connectivity index (χ0v) is 27.9. The van der Waals surface area contributed by atoms with Crippen LogP contribution in [0.5, 0.6) is 0 Å². The number of benzene rings is 1. The summed E-state index contributed by atoms with van der Waals surface area (Å²) in [5, 5.41) is 9.49. The molecule has 5 heterocycles. The molecule has 0 spiro atoms. The summed E-state index contributed by atoms with van der Waals surface area (Å²) in [6.45, 7) is 6.45. The Morgan fingerprint density at radius 1 is 1.09 bits per heavy atom. The van der Waals surface area contributed by atoms with Crippen LogP contribution in [0.1, 0.15) is 46.0 Å². The van der Waals surface area contributed by atoms with Crippen molar-refractivity contribution >= 4 is 68.9 Å². The van der Waals surface area contributed by atoms with E-state index in [4.69, 9.17) is 16.6 Å². The predicted molar refractivity (Wildman–Crippen MR) is 183 cm³/mol. The minimum atomic E-state index is -0.413. The second-order valence-electron chi connectivity index (χ2n) is 11.6. The minimum absolute atomic E-state index is 0.256. The van der Waals surface area contributed by atoms with Crippen LogP contribution in [-0.2, 0) is 11.3 Å². The predicted octanol–water partition coefficient (Wildman–Crippen LogP) is 5.14. The molecule has 2 saturated heterocycles. The van der Waals surface area contributed by atoms with Gasteiger partial charge in [0.2, 0.25) is 5.91 Å². The van der Waals surface area contributed by atoms with Gasteiger partial charge in [0, 0.05) is 44.7 Å². The molecule has 4 amide bonds. The molecule has 0 saturated carbocycles. The first-order valence-corrected chi connectivity index (χ1v) is 16.5. The summed E-state index contributed by atoms with van der Waals surface area (Å²) in [4.78, 5) is 61.2. The lowest BCUT2D eigenvalue weighted by molar-refractivity contribution is -0.120. The summed E-state index contributed by atoms with van der Waals surface area (Å²) < 4.78 is 0. The van der Waals surface area contributed by atoms with Gasteiger partial charge in [-0.1, -0.05) is 35.1 Å². The molecule has 0 radical (unpaired) electrons. The summed E-state index contributed by atoms with van der Waals surface area (Å²) in [5.74, 6) is 1.55. The number of nitrogens with zero attached hydrogens (tertiary/aromatic N) is 7. The molecule has 2 aliphatic heterocycles. The Labute approximate surface area is 281 Å². The fraction of sp³-hybridized carbons (Fsp3) is 0.344. The number of halogens is 1. The van der Waals surface area contributed by atoms with Crippen LogP contribution in [0, 0.1) is 13.8 Å². The van der Waals surface area contributed by atoms with E-state index >= 15 is 0 Å². The fourth-order valence-electron chi connectivity index (χ4n) is 5.69. The Kier molecular flexibility index (Phi) is 9.61. The number of aromatic nitrogens is 4.